The number of aliphatic imine (C=N–C) groups is 1. The number of rotatable bonds is 2. The molecule has 3 atom stereocenters. The maximum Gasteiger partial charge on any atom is 0.193 e. The van der Waals surface area contributed by atoms with Crippen LogP contribution in [0.15, 0.2) is 29.3 Å². The third-order valence-electron chi connectivity index (χ3n) is 5.96. The summed E-state index contributed by atoms with van der Waals surface area (Å²) in [5.74, 6) is 3.62. The second-order valence-corrected chi connectivity index (χ2v) is 7.24. The van der Waals surface area contributed by atoms with Gasteiger partial charge >= 0.3 is 0 Å². The molecule has 4 heteroatoms. The van der Waals surface area contributed by atoms with Gasteiger partial charge in [-0.1, -0.05) is 37.1 Å². The summed E-state index contributed by atoms with van der Waals surface area (Å²) in [7, 11) is 1.93. The Morgan fingerprint density at radius 2 is 1.87 bits per heavy atom. The van der Waals surface area contributed by atoms with Gasteiger partial charge in [-0.15, -0.1) is 24.0 Å². The fourth-order valence-electron chi connectivity index (χ4n) is 4.67. The van der Waals surface area contributed by atoms with Crippen molar-refractivity contribution in [3.05, 3.63) is 35.4 Å². The summed E-state index contributed by atoms with van der Waals surface area (Å²) in [4.78, 5) is 7.05. The van der Waals surface area contributed by atoms with Crippen LogP contribution in [0.25, 0.3) is 0 Å². The second kappa shape index (κ2) is 7.41. The summed E-state index contributed by atoms with van der Waals surface area (Å²) >= 11 is 0. The maximum absolute atomic E-state index is 4.55. The first-order valence-corrected chi connectivity index (χ1v) is 8.88. The maximum atomic E-state index is 4.55. The molecule has 1 aromatic rings. The fourth-order valence-corrected chi connectivity index (χ4v) is 4.67. The van der Waals surface area contributed by atoms with Gasteiger partial charge in [0, 0.05) is 32.6 Å². The molecule has 3 unspecified atom stereocenters. The van der Waals surface area contributed by atoms with Gasteiger partial charge in [0.25, 0.3) is 0 Å². The Bertz CT molecular complexity index is 557. The number of benzene rings is 1. The number of nitrogens with zero attached hydrogens (tertiary/aromatic N) is 2. The molecule has 0 radical (unpaired) electrons. The molecule has 23 heavy (non-hydrogen) atoms. The highest BCUT2D eigenvalue weighted by Crippen LogP contribution is 2.36. The lowest BCUT2D eigenvalue weighted by Gasteiger charge is -2.32. The van der Waals surface area contributed by atoms with Gasteiger partial charge in [-0.3, -0.25) is 4.99 Å². The highest BCUT2D eigenvalue weighted by Gasteiger charge is 2.36. The molecule has 1 N–H and O–H groups in total. The van der Waals surface area contributed by atoms with E-state index < -0.39 is 0 Å². The third kappa shape index (κ3) is 3.37. The first-order chi connectivity index (χ1) is 10.8. The number of hydrogen-bond acceptors (Lipinski definition) is 1. The minimum absolute atomic E-state index is 0. The highest BCUT2D eigenvalue weighted by atomic mass is 127. The first-order valence-electron chi connectivity index (χ1n) is 8.88. The SMILES string of the molecule is CN=C(NCC1Cc2ccccc21)N1CC2CCCCC2C1.I. The fraction of sp³-hybridized carbons (Fsp3) is 0.632. The van der Waals surface area contributed by atoms with Crippen molar-refractivity contribution in [1.29, 1.82) is 0 Å². The average Bonchev–Trinajstić information content (AvgIpc) is 2.95. The molecule has 2 aliphatic carbocycles. The minimum Gasteiger partial charge on any atom is -0.356 e. The molecule has 2 fully saturated rings. The van der Waals surface area contributed by atoms with Crippen molar-refractivity contribution in [2.75, 3.05) is 26.7 Å². The third-order valence-corrected chi connectivity index (χ3v) is 5.96. The minimum atomic E-state index is 0. The Hall–Kier alpha value is -0.780. The van der Waals surface area contributed by atoms with Gasteiger partial charge in [0.05, 0.1) is 0 Å². The number of halogens is 1. The molecule has 0 spiro atoms. The lowest BCUT2D eigenvalue weighted by Crippen LogP contribution is -2.43. The molecule has 0 amide bonds. The van der Waals surface area contributed by atoms with Crippen LogP contribution >= 0.6 is 24.0 Å². The number of nitrogens with one attached hydrogen (secondary N) is 1. The molecule has 0 bridgehead atoms. The van der Waals surface area contributed by atoms with Crippen molar-refractivity contribution in [3.63, 3.8) is 0 Å². The molecule has 3 aliphatic rings. The molecule has 0 aromatic heterocycles. The molecular weight excluding hydrogens is 397 g/mol. The van der Waals surface area contributed by atoms with Crippen LogP contribution in [0.5, 0.6) is 0 Å². The molecule has 3 nitrogen and oxygen atoms in total. The zero-order chi connectivity index (χ0) is 14.9. The van der Waals surface area contributed by atoms with Crippen molar-refractivity contribution in [2.45, 2.75) is 38.0 Å². The topological polar surface area (TPSA) is 27.6 Å². The first kappa shape index (κ1) is 17.1. The summed E-state index contributed by atoms with van der Waals surface area (Å²) in [6, 6.07) is 8.84. The Kier molecular flexibility index (Phi) is 5.49. The van der Waals surface area contributed by atoms with Crippen molar-refractivity contribution >= 4 is 29.9 Å². The molecule has 1 aliphatic heterocycles. The van der Waals surface area contributed by atoms with E-state index in [1.807, 2.05) is 7.05 Å². The van der Waals surface area contributed by atoms with Crippen LogP contribution < -0.4 is 5.32 Å². The van der Waals surface area contributed by atoms with Crippen molar-refractivity contribution < 1.29 is 0 Å². The lowest BCUT2D eigenvalue weighted by atomic mass is 9.78. The molecule has 1 saturated carbocycles. The van der Waals surface area contributed by atoms with Gasteiger partial charge in [-0.25, -0.2) is 0 Å². The zero-order valence-corrected chi connectivity index (χ0v) is 16.3. The van der Waals surface area contributed by atoms with Crippen LogP contribution in [0.3, 0.4) is 0 Å². The smallest absolute Gasteiger partial charge is 0.193 e. The van der Waals surface area contributed by atoms with Gasteiger partial charge in [-0.2, -0.15) is 0 Å². The van der Waals surface area contributed by atoms with Crippen molar-refractivity contribution in [3.8, 4) is 0 Å². The summed E-state index contributed by atoms with van der Waals surface area (Å²) in [6.07, 6.45) is 6.92. The van der Waals surface area contributed by atoms with Gasteiger partial charge in [0.15, 0.2) is 5.96 Å². The molecule has 4 rings (SSSR count). The van der Waals surface area contributed by atoms with Crippen LogP contribution in [0, 0.1) is 11.8 Å². The standard InChI is InChI=1S/C19H27N3.HI/c1-20-19(22-12-15-7-2-3-8-16(15)13-22)21-11-17-10-14-6-4-5-9-18(14)17;/h4-6,9,15-17H,2-3,7-8,10-13H2,1H3,(H,20,21);1H. The average molecular weight is 425 g/mol. The summed E-state index contributed by atoms with van der Waals surface area (Å²) in [6.45, 7) is 3.45. The van der Waals surface area contributed by atoms with Gasteiger partial charge in [0.2, 0.25) is 0 Å². The molecule has 1 heterocycles. The number of likely N-dealkylation sites (tertiary alicyclic amines) is 1. The van der Waals surface area contributed by atoms with Gasteiger partial charge < -0.3 is 10.2 Å². The van der Waals surface area contributed by atoms with E-state index in [2.05, 4.69) is 39.5 Å². The van der Waals surface area contributed by atoms with E-state index in [1.54, 1.807) is 0 Å². The Morgan fingerprint density at radius 1 is 1.17 bits per heavy atom. The zero-order valence-electron chi connectivity index (χ0n) is 14.0. The van der Waals surface area contributed by atoms with Gasteiger partial charge in [-0.05, 0) is 42.2 Å². The lowest BCUT2D eigenvalue weighted by molar-refractivity contribution is 0.299. The van der Waals surface area contributed by atoms with E-state index in [4.69, 9.17) is 0 Å². The van der Waals surface area contributed by atoms with E-state index >= 15 is 0 Å². The van der Waals surface area contributed by atoms with E-state index in [1.165, 1.54) is 56.3 Å². The van der Waals surface area contributed by atoms with Crippen LogP contribution in [0.2, 0.25) is 0 Å². The van der Waals surface area contributed by atoms with Crippen LogP contribution in [-0.4, -0.2) is 37.5 Å². The van der Waals surface area contributed by atoms with Crippen LogP contribution in [-0.2, 0) is 6.42 Å². The molecular formula is C19H28IN3. The van der Waals surface area contributed by atoms with Crippen LogP contribution in [0.4, 0.5) is 0 Å². The van der Waals surface area contributed by atoms with Gasteiger partial charge in [0.1, 0.15) is 0 Å². The summed E-state index contributed by atoms with van der Waals surface area (Å²) in [5, 5.41) is 3.64. The quantitative estimate of drug-likeness (QED) is 0.445. The predicted octanol–water partition coefficient (Wildman–Crippen LogP) is 3.64. The molecule has 1 saturated heterocycles. The Balaban J connectivity index is 0.00000156. The second-order valence-electron chi connectivity index (χ2n) is 7.24. The van der Waals surface area contributed by atoms with E-state index in [0.717, 1.165) is 24.3 Å². The number of guanidine groups is 1. The monoisotopic (exact) mass is 425 g/mol. The van der Waals surface area contributed by atoms with E-state index in [9.17, 15) is 0 Å². The Morgan fingerprint density at radius 3 is 2.52 bits per heavy atom. The number of fused-ring (bicyclic) bond motifs is 2. The number of hydrogen-bond donors (Lipinski definition) is 1. The van der Waals surface area contributed by atoms with Crippen LogP contribution in [0.1, 0.15) is 42.7 Å². The van der Waals surface area contributed by atoms with Crippen molar-refractivity contribution in [1.82, 2.24) is 10.2 Å². The van der Waals surface area contributed by atoms with E-state index in [-0.39, 0.29) is 24.0 Å². The summed E-state index contributed by atoms with van der Waals surface area (Å²) < 4.78 is 0. The molecule has 126 valence electrons. The van der Waals surface area contributed by atoms with Crippen molar-refractivity contribution in [2.24, 2.45) is 16.8 Å². The summed E-state index contributed by atoms with van der Waals surface area (Å²) in [5.41, 5.74) is 3.05. The Labute approximate surface area is 157 Å². The van der Waals surface area contributed by atoms with E-state index in [0.29, 0.717) is 5.92 Å². The predicted molar refractivity (Wildman–Crippen MR) is 107 cm³/mol. The largest absolute Gasteiger partial charge is 0.356 e. The highest BCUT2D eigenvalue weighted by molar-refractivity contribution is 14.0. The molecule has 1 aromatic carbocycles. The normalized spacial score (nSPS) is 29.2.